The molecule has 1 aliphatic heterocycles. The molecule has 0 saturated carbocycles. The molecule has 30 valence electrons. The molecule has 1 heterocycles. The molecule has 5 heavy (non-hydrogen) atoms. The predicted molar refractivity (Wildman–Crippen MR) is 21.3 cm³/mol. The van der Waals surface area contributed by atoms with Crippen LogP contribution in [-0.4, -0.2) is 5.06 Å². The van der Waals surface area contributed by atoms with Gasteiger partial charge in [0.15, 0.2) is 5.06 Å². The summed E-state index contributed by atoms with van der Waals surface area (Å²) in [5.74, 6) is 0. The van der Waals surface area contributed by atoms with E-state index in [0.29, 0.717) is 0 Å². The van der Waals surface area contributed by atoms with Gasteiger partial charge in [0.25, 0.3) is 0 Å². The van der Waals surface area contributed by atoms with Gasteiger partial charge in [-0.05, 0) is 6.92 Å². The first-order valence-corrected chi connectivity index (χ1v) is 2.11. The third kappa shape index (κ3) is 0.792. The van der Waals surface area contributed by atoms with Crippen molar-refractivity contribution in [2.75, 3.05) is 0 Å². The molecule has 0 aromatic carbocycles. The van der Waals surface area contributed by atoms with E-state index in [2.05, 4.69) is 4.18 Å². The van der Waals surface area contributed by atoms with Gasteiger partial charge in [0.1, 0.15) is 0 Å². The van der Waals surface area contributed by atoms with E-state index in [4.69, 9.17) is 5.73 Å². The summed E-state index contributed by atoms with van der Waals surface area (Å²) in [6, 6.07) is 0. The van der Waals surface area contributed by atoms with E-state index in [1.54, 1.807) is 0 Å². The fourth-order valence-corrected chi connectivity index (χ4v) is 0.197. The van der Waals surface area contributed by atoms with E-state index < -0.39 is 0 Å². The normalized spacial score (nSPS) is 49.2. The van der Waals surface area contributed by atoms with Crippen LogP contribution in [0.25, 0.3) is 0 Å². The number of nitrogens with two attached hydrogens (primary N) is 1. The third-order valence-corrected chi connectivity index (χ3v) is 1.04. The van der Waals surface area contributed by atoms with Crippen molar-refractivity contribution in [2.24, 2.45) is 5.73 Å². The number of hydrogen-bond acceptors (Lipinski definition) is 3. The summed E-state index contributed by atoms with van der Waals surface area (Å²) in [4.78, 5) is 0. The Morgan fingerprint density at radius 1 is 2.00 bits per heavy atom. The molecule has 0 radical (unpaired) electrons. The molecule has 1 atom stereocenters. The quantitative estimate of drug-likeness (QED) is 0.344. The molecule has 3 heteroatoms. The lowest BCUT2D eigenvalue weighted by atomic mass is 10.7. The van der Waals surface area contributed by atoms with Gasteiger partial charge >= 0.3 is 0 Å². The molecule has 1 aliphatic rings. The molecule has 2 nitrogen and oxygen atoms in total. The van der Waals surface area contributed by atoms with Crippen molar-refractivity contribution < 1.29 is 4.18 Å². The largest absolute Gasteiger partial charge is 0.292 e. The minimum Gasteiger partial charge on any atom is -0.292 e. The van der Waals surface area contributed by atoms with Gasteiger partial charge in [-0.1, -0.05) is 0 Å². The molecule has 1 unspecified atom stereocenters. The Labute approximate surface area is 34.9 Å². The van der Waals surface area contributed by atoms with Gasteiger partial charge in [0.05, 0.1) is 0 Å². The smallest absolute Gasteiger partial charge is 0.200 e. The van der Waals surface area contributed by atoms with Gasteiger partial charge in [0, 0.05) is 12.0 Å². The molecule has 0 aliphatic carbocycles. The zero-order valence-electron chi connectivity index (χ0n) is 2.89. The Hall–Kier alpha value is 0.270. The summed E-state index contributed by atoms with van der Waals surface area (Å²) in [5, 5.41) is -0.333. The average Bonchev–Trinajstić information content (AvgIpc) is 1.76. The van der Waals surface area contributed by atoms with E-state index in [9.17, 15) is 0 Å². The summed E-state index contributed by atoms with van der Waals surface area (Å²) in [7, 11) is 0. The highest BCUT2D eigenvalue weighted by atomic mass is 32.2. The monoisotopic (exact) mass is 91.0 g/mol. The van der Waals surface area contributed by atoms with Crippen LogP contribution in [0.2, 0.25) is 0 Å². The Morgan fingerprint density at radius 2 is 2.20 bits per heavy atom. The lowest BCUT2D eigenvalue weighted by Gasteiger charge is -1.79. The molecular formula is C2H5NOS. The Kier molecular flexibility index (Phi) is 0.462. The summed E-state index contributed by atoms with van der Waals surface area (Å²) in [6.07, 6.45) is 0. The Morgan fingerprint density at radius 3 is 2.20 bits per heavy atom. The van der Waals surface area contributed by atoms with Crippen LogP contribution in [0.1, 0.15) is 6.92 Å². The van der Waals surface area contributed by atoms with Crippen LogP contribution in [0.3, 0.4) is 0 Å². The number of rotatable bonds is 0. The minimum atomic E-state index is -0.333. The van der Waals surface area contributed by atoms with E-state index in [0.717, 1.165) is 0 Å². The van der Waals surface area contributed by atoms with Crippen molar-refractivity contribution in [3.63, 3.8) is 0 Å². The molecule has 2 N–H and O–H groups in total. The fourth-order valence-electron chi connectivity index (χ4n) is 0.0657. The molecule has 1 fully saturated rings. The average molecular weight is 91.1 g/mol. The van der Waals surface area contributed by atoms with Crippen LogP contribution in [0, 0.1) is 0 Å². The van der Waals surface area contributed by atoms with Crippen LogP contribution in [0.4, 0.5) is 0 Å². The first-order valence-electron chi connectivity index (χ1n) is 1.36. The Balaban J connectivity index is 2.38. The summed E-state index contributed by atoms with van der Waals surface area (Å²) in [5.41, 5.74) is 5.21. The van der Waals surface area contributed by atoms with E-state index >= 15 is 0 Å². The zero-order valence-corrected chi connectivity index (χ0v) is 3.71. The summed E-state index contributed by atoms with van der Waals surface area (Å²) >= 11 is 1.30. The maximum Gasteiger partial charge on any atom is 0.200 e. The lowest BCUT2D eigenvalue weighted by molar-refractivity contribution is 0.354. The maximum absolute atomic E-state index is 5.21. The van der Waals surface area contributed by atoms with Crippen molar-refractivity contribution in [1.29, 1.82) is 0 Å². The summed E-state index contributed by atoms with van der Waals surface area (Å²) in [6.45, 7) is 1.82. The first-order chi connectivity index (χ1) is 2.21. The molecule has 0 aromatic heterocycles. The first kappa shape index (κ1) is 3.46. The molecule has 0 amide bonds. The highest BCUT2D eigenvalue weighted by Crippen LogP contribution is 2.40. The van der Waals surface area contributed by atoms with Crippen molar-refractivity contribution in [3.05, 3.63) is 0 Å². The molecule has 1 saturated heterocycles. The highest BCUT2D eigenvalue weighted by Gasteiger charge is 2.36. The zero-order chi connectivity index (χ0) is 3.91. The topological polar surface area (TPSA) is 38.5 Å². The van der Waals surface area contributed by atoms with Crippen molar-refractivity contribution >= 4 is 12.0 Å². The van der Waals surface area contributed by atoms with Crippen LogP contribution >= 0.6 is 12.0 Å². The van der Waals surface area contributed by atoms with Gasteiger partial charge in [-0.2, -0.15) is 0 Å². The lowest BCUT2D eigenvalue weighted by Crippen LogP contribution is -2.14. The molecule has 1 rings (SSSR count). The van der Waals surface area contributed by atoms with Crippen LogP contribution in [0.15, 0.2) is 0 Å². The second kappa shape index (κ2) is 0.668. The second-order valence-electron chi connectivity index (χ2n) is 1.18. The van der Waals surface area contributed by atoms with Crippen LogP contribution in [-0.2, 0) is 4.18 Å². The third-order valence-electron chi connectivity index (χ3n) is 0.346. The van der Waals surface area contributed by atoms with Gasteiger partial charge in [-0.3, -0.25) is 9.92 Å². The van der Waals surface area contributed by atoms with E-state index in [-0.39, 0.29) is 5.06 Å². The minimum absolute atomic E-state index is 0.333. The standard InChI is InChI=1S/C2H5NOS/c1-2(3)4-5-2/h3H2,1H3. The second-order valence-corrected chi connectivity index (χ2v) is 2.33. The van der Waals surface area contributed by atoms with Crippen molar-refractivity contribution in [2.45, 2.75) is 12.0 Å². The van der Waals surface area contributed by atoms with E-state index in [1.807, 2.05) is 6.92 Å². The highest BCUT2D eigenvalue weighted by molar-refractivity contribution is 8.01. The van der Waals surface area contributed by atoms with Gasteiger partial charge < -0.3 is 0 Å². The van der Waals surface area contributed by atoms with Gasteiger partial charge in [-0.25, -0.2) is 0 Å². The maximum atomic E-state index is 5.21. The molecular weight excluding hydrogens is 86.1 g/mol. The SMILES string of the molecule is CC1(N)OS1. The molecule has 0 aromatic rings. The number of hydrogen-bond donors (Lipinski definition) is 1. The predicted octanol–water partition coefficient (Wildman–Crippen LogP) is 0.297. The van der Waals surface area contributed by atoms with Crippen LogP contribution < -0.4 is 5.73 Å². The fraction of sp³-hybridized carbons (Fsp3) is 1.00. The van der Waals surface area contributed by atoms with Gasteiger partial charge in [0.2, 0.25) is 0 Å². The van der Waals surface area contributed by atoms with E-state index in [1.165, 1.54) is 12.0 Å². The van der Waals surface area contributed by atoms with Gasteiger partial charge in [-0.15, -0.1) is 0 Å². The molecule has 0 spiro atoms. The summed E-state index contributed by atoms with van der Waals surface area (Å²) < 4.78 is 4.59. The van der Waals surface area contributed by atoms with Crippen LogP contribution in [0.5, 0.6) is 0 Å². The van der Waals surface area contributed by atoms with Crippen molar-refractivity contribution in [3.8, 4) is 0 Å². The Bertz CT molecular complexity index is 47.6. The van der Waals surface area contributed by atoms with Crippen molar-refractivity contribution in [1.82, 2.24) is 0 Å². The molecule has 0 bridgehead atoms.